The maximum absolute atomic E-state index is 12.9. The topological polar surface area (TPSA) is 36.4 Å². The van der Waals surface area contributed by atoms with Crippen LogP contribution in [0.2, 0.25) is 0 Å². The molecule has 1 fully saturated rings. The molecule has 0 saturated carbocycles. The third-order valence-corrected chi connectivity index (χ3v) is 4.75. The highest BCUT2D eigenvalue weighted by atomic mass is 16.2. The van der Waals surface area contributed by atoms with Gasteiger partial charge in [-0.25, -0.2) is 0 Å². The normalized spacial score (nSPS) is 16.8. The summed E-state index contributed by atoms with van der Waals surface area (Å²) < 4.78 is 0. The number of carbonyl (C=O) groups excluding carboxylic acids is 1. The third-order valence-electron chi connectivity index (χ3n) is 4.75. The van der Waals surface area contributed by atoms with E-state index in [2.05, 4.69) is 16.8 Å². The molecule has 0 unspecified atom stereocenters. The van der Waals surface area contributed by atoms with Crippen molar-refractivity contribution in [2.24, 2.45) is 0 Å². The van der Waals surface area contributed by atoms with Crippen molar-refractivity contribution in [3.05, 3.63) is 42.2 Å². The Labute approximate surface area is 131 Å². The molecule has 116 valence electrons. The number of amides is 1. The standard InChI is InChI=1S/C18H23N3O/c1-3-21-12-9-15(10-13-21)20(2)18(22)17-16-7-5-4-6-14(16)8-11-19-17/h4-8,11,15H,3,9-10,12-13H2,1-2H3. The molecule has 0 N–H and O–H groups in total. The summed E-state index contributed by atoms with van der Waals surface area (Å²) in [6, 6.07) is 10.2. The van der Waals surface area contributed by atoms with E-state index in [9.17, 15) is 4.79 Å². The number of piperidine rings is 1. The van der Waals surface area contributed by atoms with Gasteiger partial charge in [0.25, 0.3) is 5.91 Å². The molecule has 0 bridgehead atoms. The maximum Gasteiger partial charge on any atom is 0.273 e. The van der Waals surface area contributed by atoms with Gasteiger partial charge in [0.2, 0.25) is 0 Å². The van der Waals surface area contributed by atoms with Gasteiger partial charge in [-0.1, -0.05) is 31.2 Å². The van der Waals surface area contributed by atoms with Gasteiger partial charge in [-0.2, -0.15) is 0 Å². The van der Waals surface area contributed by atoms with Crippen LogP contribution in [0, 0.1) is 0 Å². The molecule has 4 heteroatoms. The summed E-state index contributed by atoms with van der Waals surface area (Å²) >= 11 is 0. The van der Waals surface area contributed by atoms with E-state index < -0.39 is 0 Å². The molecule has 1 saturated heterocycles. The number of rotatable bonds is 3. The number of carbonyl (C=O) groups is 1. The molecule has 22 heavy (non-hydrogen) atoms. The van der Waals surface area contributed by atoms with Crippen LogP contribution in [0.1, 0.15) is 30.3 Å². The first-order valence-corrected chi connectivity index (χ1v) is 8.04. The zero-order valence-corrected chi connectivity index (χ0v) is 13.3. The molecule has 1 aromatic carbocycles. The number of hydrogen-bond acceptors (Lipinski definition) is 3. The first-order chi connectivity index (χ1) is 10.7. The minimum absolute atomic E-state index is 0.0340. The lowest BCUT2D eigenvalue weighted by Gasteiger charge is -2.36. The number of hydrogen-bond donors (Lipinski definition) is 0. The van der Waals surface area contributed by atoms with Crippen molar-refractivity contribution in [1.29, 1.82) is 0 Å². The molecule has 2 aromatic rings. The molecule has 0 radical (unpaired) electrons. The quantitative estimate of drug-likeness (QED) is 0.874. The van der Waals surface area contributed by atoms with Crippen LogP contribution in [0.25, 0.3) is 10.8 Å². The molecule has 1 aromatic heterocycles. The van der Waals surface area contributed by atoms with Gasteiger partial charge in [-0.3, -0.25) is 9.78 Å². The van der Waals surface area contributed by atoms with E-state index in [4.69, 9.17) is 0 Å². The highest BCUT2D eigenvalue weighted by molar-refractivity contribution is 6.05. The lowest BCUT2D eigenvalue weighted by atomic mass is 10.0. The molecule has 1 amide bonds. The fourth-order valence-corrected chi connectivity index (χ4v) is 3.25. The maximum atomic E-state index is 12.9. The molecular weight excluding hydrogens is 274 g/mol. The van der Waals surface area contributed by atoms with Crippen LogP contribution in [0.15, 0.2) is 36.5 Å². The molecular formula is C18H23N3O. The van der Waals surface area contributed by atoms with Crippen molar-refractivity contribution in [3.63, 3.8) is 0 Å². The SMILES string of the molecule is CCN1CCC(N(C)C(=O)c2nccc3ccccc23)CC1. The van der Waals surface area contributed by atoms with Gasteiger partial charge in [0.1, 0.15) is 5.69 Å². The Hall–Kier alpha value is -1.94. The smallest absolute Gasteiger partial charge is 0.273 e. The summed E-state index contributed by atoms with van der Waals surface area (Å²) in [6.07, 6.45) is 3.81. The minimum atomic E-state index is 0.0340. The average Bonchev–Trinajstić information content (AvgIpc) is 2.60. The van der Waals surface area contributed by atoms with E-state index in [0.717, 1.165) is 43.2 Å². The van der Waals surface area contributed by atoms with Crippen LogP contribution in [-0.2, 0) is 0 Å². The van der Waals surface area contributed by atoms with E-state index >= 15 is 0 Å². The van der Waals surface area contributed by atoms with Crippen LogP contribution in [0.5, 0.6) is 0 Å². The second-order valence-corrected chi connectivity index (χ2v) is 5.96. The Morgan fingerprint density at radius 2 is 2.00 bits per heavy atom. The average molecular weight is 297 g/mol. The third kappa shape index (κ3) is 2.83. The van der Waals surface area contributed by atoms with Gasteiger partial charge in [0.05, 0.1) is 0 Å². The van der Waals surface area contributed by atoms with Crippen LogP contribution >= 0.6 is 0 Å². The summed E-state index contributed by atoms with van der Waals surface area (Å²) in [5.74, 6) is 0.0340. The number of aromatic nitrogens is 1. The molecule has 3 rings (SSSR count). The monoisotopic (exact) mass is 297 g/mol. The molecule has 1 aliphatic heterocycles. The van der Waals surface area contributed by atoms with Gasteiger partial charge < -0.3 is 9.80 Å². The van der Waals surface area contributed by atoms with Crippen LogP contribution < -0.4 is 0 Å². The van der Waals surface area contributed by atoms with Gasteiger partial charge in [-0.15, -0.1) is 0 Å². The first-order valence-electron chi connectivity index (χ1n) is 8.04. The van der Waals surface area contributed by atoms with E-state index in [1.54, 1.807) is 6.20 Å². The molecule has 2 heterocycles. The predicted molar refractivity (Wildman–Crippen MR) is 89.0 cm³/mol. The van der Waals surface area contributed by atoms with Crippen molar-refractivity contribution >= 4 is 16.7 Å². The van der Waals surface area contributed by atoms with E-state index in [1.165, 1.54) is 0 Å². The second kappa shape index (κ2) is 6.44. The Bertz CT molecular complexity index is 657. The van der Waals surface area contributed by atoms with Crippen molar-refractivity contribution in [1.82, 2.24) is 14.8 Å². The number of likely N-dealkylation sites (tertiary alicyclic amines) is 1. The number of nitrogens with zero attached hydrogens (tertiary/aromatic N) is 3. The zero-order valence-electron chi connectivity index (χ0n) is 13.3. The molecule has 1 aliphatic rings. The lowest BCUT2D eigenvalue weighted by molar-refractivity contribution is 0.0643. The summed E-state index contributed by atoms with van der Waals surface area (Å²) in [4.78, 5) is 21.5. The number of pyridine rings is 1. The van der Waals surface area contributed by atoms with E-state index in [-0.39, 0.29) is 5.91 Å². The summed E-state index contributed by atoms with van der Waals surface area (Å²) in [6.45, 7) is 5.42. The largest absolute Gasteiger partial charge is 0.337 e. The second-order valence-electron chi connectivity index (χ2n) is 5.96. The van der Waals surface area contributed by atoms with E-state index in [1.807, 2.05) is 42.3 Å². The molecule has 4 nitrogen and oxygen atoms in total. The summed E-state index contributed by atoms with van der Waals surface area (Å²) in [7, 11) is 1.91. The lowest BCUT2D eigenvalue weighted by Crippen LogP contribution is -2.45. The Morgan fingerprint density at radius 3 is 2.73 bits per heavy atom. The van der Waals surface area contributed by atoms with Crippen molar-refractivity contribution in [2.75, 3.05) is 26.7 Å². The van der Waals surface area contributed by atoms with Crippen LogP contribution in [0.3, 0.4) is 0 Å². The number of fused-ring (bicyclic) bond motifs is 1. The molecule has 0 aliphatic carbocycles. The predicted octanol–water partition coefficient (Wildman–Crippen LogP) is 2.79. The Kier molecular flexibility index (Phi) is 4.39. The van der Waals surface area contributed by atoms with Crippen molar-refractivity contribution in [3.8, 4) is 0 Å². The van der Waals surface area contributed by atoms with Gasteiger partial charge in [0.15, 0.2) is 0 Å². The van der Waals surface area contributed by atoms with Gasteiger partial charge in [-0.05, 0) is 30.8 Å². The fourth-order valence-electron chi connectivity index (χ4n) is 3.25. The Balaban J connectivity index is 1.81. The number of benzene rings is 1. The summed E-state index contributed by atoms with van der Waals surface area (Å²) in [5, 5.41) is 2.00. The fraction of sp³-hybridized carbons (Fsp3) is 0.444. The van der Waals surface area contributed by atoms with Crippen LogP contribution in [0.4, 0.5) is 0 Å². The zero-order chi connectivity index (χ0) is 15.5. The Morgan fingerprint density at radius 1 is 1.27 bits per heavy atom. The first kappa shape index (κ1) is 15.0. The van der Waals surface area contributed by atoms with E-state index in [0.29, 0.717) is 11.7 Å². The molecule has 0 spiro atoms. The van der Waals surface area contributed by atoms with Crippen LogP contribution in [-0.4, -0.2) is 53.4 Å². The highest BCUT2D eigenvalue weighted by Crippen LogP contribution is 2.21. The summed E-state index contributed by atoms with van der Waals surface area (Å²) in [5.41, 5.74) is 0.568. The minimum Gasteiger partial charge on any atom is -0.337 e. The molecule has 0 atom stereocenters. The van der Waals surface area contributed by atoms with Gasteiger partial charge in [0, 0.05) is 37.8 Å². The highest BCUT2D eigenvalue weighted by Gasteiger charge is 2.26. The van der Waals surface area contributed by atoms with Crippen molar-refractivity contribution in [2.45, 2.75) is 25.8 Å². The van der Waals surface area contributed by atoms with Gasteiger partial charge >= 0.3 is 0 Å². The van der Waals surface area contributed by atoms with Crippen molar-refractivity contribution < 1.29 is 4.79 Å².